The molecule has 1 heterocycles. The summed E-state index contributed by atoms with van der Waals surface area (Å²) in [5.74, 6) is 0.742. The number of hydrogen-bond donors (Lipinski definition) is 1. The molecule has 0 bridgehead atoms. The van der Waals surface area contributed by atoms with E-state index in [1.54, 1.807) is 14.0 Å². The summed E-state index contributed by atoms with van der Waals surface area (Å²) in [6.45, 7) is 1.55. The van der Waals surface area contributed by atoms with Gasteiger partial charge in [-0.05, 0) is 40.5 Å². The van der Waals surface area contributed by atoms with Crippen LogP contribution in [-0.2, 0) is 6.42 Å². The normalized spacial score (nSPS) is 10.4. The third-order valence-electron chi connectivity index (χ3n) is 3.15. The van der Waals surface area contributed by atoms with Gasteiger partial charge in [0.1, 0.15) is 5.75 Å². The van der Waals surface area contributed by atoms with Gasteiger partial charge in [0.05, 0.1) is 12.0 Å². The van der Waals surface area contributed by atoms with Gasteiger partial charge < -0.3 is 9.72 Å². The third kappa shape index (κ3) is 3.13. The number of halogens is 1. The molecule has 2 rings (SSSR count). The number of methoxy groups -OCH3 is 1. The minimum Gasteiger partial charge on any atom is -0.497 e. The topological polar surface area (TPSA) is 85.2 Å². The fraction of sp³-hybridized carbons (Fsp3) is 0.214. The third-order valence-corrected chi connectivity index (χ3v) is 4.22. The van der Waals surface area contributed by atoms with Crippen LogP contribution in [0.1, 0.15) is 16.8 Å². The predicted octanol–water partition coefficient (Wildman–Crippen LogP) is 2.95. The molecule has 1 aromatic carbocycles. The smallest absolute Gasteiger partial charge is 0.337 e. The lowest BCUT2D eigenvalue weighted by molar-refractivity contribution is -0.387. The van der Waals surface area contributed by atoms with E-state index in [1.807, 2.05) is 24.3 Å². The van der Waals surface area contributed by atoms with Crippen molar-refractivity contribution in [3.63, 3.8) is 0 Å². The Kier molecular flexibility index (Phi) is 4.42. The number of nitro groups is 1. The van der Waals surface area contributed by atoms with Crippen LogP contribution in [0, 0.1) is 17.0 Å². The van der Waals surface area contributed by atoms with Crippen LogP contribution in [0.4, 0.5) is 5.69 Å². The predicted molar refractivity (Wildman–Crippen MR) is 82.0 cm³/mol. The molecule has 0 fully saturated rings. The van der Waals surface area contributed by atoms with E-state index in [2.05, 4.69) is 20.9 Å². The van der Waals surface area contributed by atoms with Crippen molar-refractivity contribution in [1.29, 1.82) is 0 Å². The van der Waals surface area contributed by atoms with Crippen molar-refractivity contribution in [3.8, 4) is 5.75 Å². The van der Waals surface area contributed by atoms with Crippen LogP contribution < -0.4 is 10.3 Å². The molecular weight excluding hydrogens is 340 g/mol. The molecule has 0 aliphatic heterocycles. The van der Waals surface area contributed by atoms with Gasteiger partial charge in [0.2, 0.25) is 0 Å². The molecule has 2 aromatic rings. The molecule has 0 saturated heterocycles. The Morgan fingerprint density at radius 1 is 1.33 bits per heavy atom. The van der Waals surface area contributed by atoms with Crippen LogP contribution in [0.5, 0.6) is 5.75 Å². The van der Waals surface area contributed by atoms with Crippen molar-refractivity contribution in [2.75, 3.05) is 7.11 Å². The Bertz CT molecular complexity index is 738. The Hall–Kier alpha value is -2.15. The second-order valence-corrected chi connectivity index (χ2v) is 5.30. The summed E-state index contributed by atoms with van der Waals surface area (Å²) in [4.78, 5) is 24.6. The Labute approximate surface area is 129 Å². The molecule has 7 heteroatoms. The van der Waals surface area contributed by atoms with E-state index in [1.165, 1.54) is 0 Å². The van der Waals surface area contributed by atoms with Crippen LogP contribution in [0.2, 0.25) is 0 Å². The van der Waals surface area contributed by atoms with Crippen LogP contribution in [0.25, 0.3) is 0 Å². The first kappa shape index (κ1) is 15.2. The van der Waals surface area contributed by atoms with Gasteiger partial charge in [-0.1, -0.05) is 12.1 Å². The summed E-state index contributed by atoms with van der Waals surface area (Å²) in [5.41, 5.74) is 0.769. The number of pyridine rings is 1. The molecule has 0 aliphatic carbocycles. The summed E-state index contributed by atoms with van der Waals surface area (Å²) < 4.78 is 5.63. The number of aromatic nitrogens is 1. The molecule has 0 atom stereocenters. The van der Waals surface area contributed by atoms with E-state index in [-0.39, 0.29) is 0 Å². The zero-order valence-electron chi connectivity index (χ0n) is 11.5. The number of hydrogen-bond acceptors (Lipinski definition) is 4. The van der Waals surface area contributed by atoms with Gasteiger partial charge in [0, 0.05) is 22.2 Å². The van der Waals surface area contributed by atoms with E-state index in [9.17, 15) is 14.9 Å². The maximum absolute atomic E-state index is 11.8. The molecule has 0 saturated carbocycles. The van der Waals surface area contributed by atoms with Crippen LogP contribution in [0.3, 0.4) is 0 Å². The summed E-state index contributed by atoms with van der Waals surface area (Å²) in [6.07, 6.45) is 0.457. The molecule has 0 radical (unpaired) electrons. The highest BCUT2D eigenvalue weighted by Gasteiger charge is 2.21. The highest BCUT2D eigenvalue weighted by Crippen LogP contribution is 2.26. The number of benzene rings is 1. The van der Waals surface area contributed by atoms with Gasteiger partial charge in [-0.15, -0.1) is 0 Å². The number of H-pyrrole nitrogens is 1. The average Bonchev–Trinajstić information content (AvgIpc) is 2.45. The van der Waals surface area contributed by atoms with Gasteiger partial charge >= 0.3 is 11.2 Å². The van der Waals surface area contributed by atoms with Crippen molar-refractivity contribution in [2.24, 2.45) is 0 Å². The first-order chi connectivity index (χ1) is 9.93. The minimum atomic E-state index is -0.691. The van der Waals surface area contributed by atoms with Gasteiger partial charge in [0.15, 0.2) is 0 Å². The SMILES string of the molecule is COc1ccc(Cc2[nH]c(=O)c([N+](=O)[O-])c(C)c2Br)cc1. The van der Waals surface area contributed by atoms with E-state index < -0.39 is 16.2 Å². The molecule has 0 amide bonds. The number of nitrogens with one attached hydrogen (secondary N) is 1. The second-order valence-electron chi connectivity index (χ2n) is 4.50. The van der Waals surface area contributed by atoms with Gasteiger partial charge in [-0.2, -0.15) is 0 Å². The van der Waals surface area contributed by atoms with E-state index in [0.717, 1.165) is 11.3 Å². The Balaban J connectivity index is 2.41. The van der Waals surface area contributed by atoms with Crippen molar-refractivity contribution in [1.82, 2.24) is 4.98 Å². The fourth-order valence-corrected chi connectivity index (χ4v) is 2.47. The zero-order chi connectivity index (χ0) is 15.6. The van der Waals surface area contributed by atoms with Crippen LogP contribution in [0.15, 0.2) is 33.5 Å². The van der Waals surface area contributed by atoms with Gasteiger partial charge in [-0.3, -0.25) is 14.9 Å². The number of nitrogens with zero attached hydrogens (tertiary/aromatic N) is 1. The zero-order valence-corrected chi connectivity index (χ0v) is 13.1. The number of rotatable bonds is 4. The van der Waals surface area contributed by atoms with E-state index in [0.29, 0.717) is 22.2 Å². The summed E-state index contributed by atoms with van der Waals surface area (Å²) in [6, 6.07) is 7.39. The first-order valence-electron chi connectivity index (χ1n) is 6.12. The maximum atomic E-state index is 11.8. The van der Waals surface area contributed by atoms with Crippen molar-refractivity contribution in [2.45, 2.75) is 13.3 Å². The second kappa shape index (κ2) is 6.09. The molecule has 0 aliphatic rings. The van der Waals surface area contributed by atoms with Gasteiger partial charge in [-0.25, -0.2) is 0 Å². The lowest BCUT2D eigenvalue weighted by atomic mass is 10.1. The summed E-state index contributed by atoms with van der Waals surface area (Å²) in [7, 11) is 1.59. The van der Waals surface area contributed by atoms with Crippen molar-refractivity contribution >= 4 is 21.6 Å². The minimum absolute atomic E-state index is 0.326. The molecule has 110 valence electrons. The quantitative estimate of drug-likeness (QED) is 0.676. The highest BCUT2D eigenvalue weighted by molar-refractivity contribution is 9.10. The Morgan fingerprint density at radius 2 is 1.95 bits per heavy atom. The van der Waals surface area contributed by atoms with Gasteiger partial charge in [0.25, 0.3) is 0 Å². The lowest BCUT2D eigenvalue weighted by Gasteiger charge is -2.08. The average molecular weight is 353 g/mol. The molecule has 0 unspecified atom stereocenters. The Morgan fingerprint density at radius 3 is 2.48 bits per heavy atom. The van der Waals surface area contributed by atoms with Crippen LogP contribution >= 0.6 is 15.9 Å². The molecule has 1 aromatic heterocycles. The highest BCUT2D eigenvalue weighted by atomic mass is 79.9. The monoisotopic (exact) mass is 352 g/mol. The maximum Gasteiger partial charge on any atom is 0.337 e. The summed E-state index contributed by atoms with van der Waals surface area (Å²) in [5, 5.41) is 10.9. The molecule has 1 N–H and O–H groups in total. The van der Waals surface area contributed by atoms with Crippen LogP contribution in [-0.4, -0.2) is 17.0 Å². The van der Waals surface area contributed by atoms with E-state index in [4.69, 9.17) is 4.74 Å². The van der Waals surface area contributed by atoms with Crippen molar-refractivity contribution < 1.29 is 9.66 Å². The van der Waals surface area contributed by atoms with Crippen molar-refractivity contribution in [3.05, 3.63) is 66.0 Å². The first-order valence-corrected chi connectivity index (χ1v) is 6.92. The molecular formula is C14H13BrN2O4. The molecule has 6 nitrogen and oxygen atoms in total. The fourth-order valence-electron chi connectivity index (χ4n) is 2.04. The largest absolute Gasteiger partial charge is 0.497 e. The number of aromatic amines is 1. The standard InChI is InChI=1S/C14H13BrN2O4/c1-8-12(15)11(16-14(18)13(8)17(19)20)7-9-3-5-10(21-2)6-4-9/h3-6H,7H2,1-2H3,(H,16,18). The lowest BCUT2D eigenvalue weighted by Crippen LogP contribution is -2.16. The number of ether oxygens (including phenoxy) is 1. The van der Waals surface area contributed by atoms with E-state index >= 15 is 0 Å². The summed E-state index contributed by atoms with van der Waals surface area (Å²) >= 11 is 3.32. The molecule has 0 spiro atoms. The molecule has 21 heavy (non-hydrogen) atoms.